The molecular weight excluding hydrogens is 500 g/mol. The van der Waals surface area contributed by atoms with Gasteiger partial charge in [0.2, 0.25) is 23.6 Å². The van der Waals surface area contributed by atoms with Gasteiger partial charge in [-0.1, -0.05) is 24.1 Å². The number of rotatable bonds is 8. The number of carbonyl (C=O) groups excluding carboxylic acids is 4. The summed E-state index contributed by atoms with van der Waals surface area (Å²) in [6.45, 7) is 3.77. The highest BCUT2D eigenvalue weighted by Gasteiger charge is 2.43. The summed E-state index contributed by atoms with van der Waals surface area (Å²) in [5.41, 5.74) is -0.389. The molecule has 2 fully saturated rings. The lowest BCUT2D eigenvalue weighted by atomic mass is 9.93. The highest BCUT2D eigenvalue weighted by molar-refractivity contribution is 6.30. The Balaban J connectivity index is 1.94. The van der Waals surface area contributed by atoms with Crippen LogP contribution in [0.1, 0.15) is 71.6 Å². The highest BCUT2D eigenvalue weighted by atomic mass is 35.5. The number of aliphatic hydroxyl groups is 1. The first-order chi connectivity index (χ1) is 17.6. The first-order valence-electron chi connectivity index (χ1n) is 13.1. The number of hydrogen-bond donors (Lipinski definition) is 4. The van der Waals surface area contributed by atoms with Crippen LogP contribution in [0.2, 0.25) is 0 Å². The standard InChI is InChI=1S/C26H39ClN4O6/c1-4-26(2)25(36)29-19(14-16-10-11-17(27)21(15-16)37-3)24(35)31-12-7-9-20(31)23(34)28-18(22(33)30-26)8-5-6-13-32/h15,18-20,32H,4-14H2,1-3H3,(H,28,34)(H,29,36)(H,30,33)/t18-,19-,20+,26-/m0/s1. The van der Waals surface area contributed by atoms with Crippen molar-refractivity contribution < 1.29 is 29.0 Å². The number of aliphatic hydroxyl groups excluding tert-OH is 1. The zero-order chi connectivity index (χ0) is 27.2. The molecule has 37 heavy (non-hydrogen) atoms. The molecule has 2 saturated heterocycles. The third-order valence-electron chi connectivity index (χ3n) is 7.54. The summed E-state index contributed by atoms with van der Waals surface area (Å²) in [5.74, 6) is -1.10. The van der Waals surface area contributed by atoms with E-state index in [1.165, 1.54) is 12.0 Å². The van der Waals surface area contributed by atoms with E-state index < -0.39 is 35.5 Å². The van der Waals surface area contributed by atoms with E-state index in [1.807, 2.05) is 0 Å². The van der Waals surface area contributed by atoms with E-state index in [0.717, 1.165) is 5.57 Å². The Hall–Kier alpha value is -2.59. The summed E-state index contributed by atoms with van der Waals surface area (Å²) in [6.07, 6.45) is 5.96. The minimum absolute atomic E-state index is 0.0199. The van der Waals surface area contributed by atoms with Crippen molar-refractivity contribution in [3.8, 4) is 0 Å². The molecule has 4 N–H and O–H groups in total. The van der Waals surface area contributed by atoms with Crippen LogP contribution in [0.25, 0.3) is 0 Å². The molecule has 0 spiro atoms. The molecule has 2 heterocycles. The van der Waals surface area contributed by atoms with Gasteiger partial charge in [-0.3, -0.25) is 19.2 Å². The molecule has 3 aliphatic rings. The van der Waals surface area contributed by atoms with Gasteiger partial charge in [0.1, 0.15) is 29.4 Å². The van der Waals surface area contributed by atoms with Gasteiger partial charge < -0.3 is 30.7 Å². The number of allylic oxidation sites excluding steroid dienone is 2. The Kier molecular flexibility index (Phi) is 10.0. The van der Waals surface area contributed by atoms with Crippen LogP contribution in [0.3, 0.4) is 0 Å². The van der Waals surface area contributed by atoms with Gasteiger partial charge in [0.05, 0.1) is 12.1 Å². The molecule has 0 radical (unpaired) electrons. The predicted octanol–water partition coefficient (Wildman–Crippen LogP) is 1.62. The van der Waals surface area contributed by atoms with Gasteiger partial charge in [-0.15, -0.1) is 0 Å². The Morgan fingerprint density at radius 2 is 1.89 bits per heavy atom. The second-order valence-electron chi connectivity index (χ2n) is 10.2. The molecule has 0 bridgehead atoms. The van der Waals surface area contributed by atoms with Crippen LogP contribution in [0.5, 0.6) is 0 Å². The molecule has 0 unspecified atom stereocenters. The van der Waals surface area contributed by atoms with E-state index in [1.54, 1.807) is 19.9 Å². The Bertz CT molecular complexity index is 967. The minimum Gasteiger partial charge on any atom is -0.496 e. The number of hydrogen-bond acceptors (Lipinski definition) is 6. The fraction of sp³-hybridized carbons (Fsp3) is 0.692. The van der Waals surface area contributed by atoms with Crippen LogP contribution in [0.15, 0.2) is 22.4 Å². The van der Waals surface area contributed by atoms with Crippen LogP contribution < -0.4 is 16.0 Å². The molecule has 0 aromatic rings. The van der Waals surface area contributed by atoms with E-state index in [9.17, 15) is 19.2 Å². The van der Waals surface area contributed by atoms with Crippen LogP contribution >= 0.6 is 11.6 Å². The molecule has 0 saturated carbocycles. The van der Waals surface area contributed by atoms with Crippen LogP contribution in [-0.2, 0) is 23.9 Å². The zero-order valence-corrected chi connectivity index (χ0v) is 22.7. The summed E-state index contributed by atoms with van der Waals surface area (Å²) < 4.78 is 5.35. The average molecular weight is 539 g/mol. The van der Waals surface area contributed by atoms with Gasteiger partial charge >= 0.3 is 0 Å². The molecular formula is C26H39ClN4O6. The molecule has 0 aromatic heterocycles. The second-order valence-corrected chi connectivity index (χ2v) is 10.6. The van der Waals surface area contributed by atoms with Gasteiger partial charge in [0.25, 0.3) is 0 Å². The van der Waals surface area contributed by atoms with Crippen LogP contribution in [0.4, 0.5) is 0 Å². The molecule has 2 aliphatic heterocycles. The molecule has 1 aliphatic carbocycles. The monoisotopic (exact) mass is 538 g/mol. The third-order valence-corrected chi connectivity index (χ3v) is 7.91. The first kappa shape index (κ1) is 29.0. The van der Waals surface area contributed by atoms with Crippen LogP contribution in [0, 0.1) is 0 Å². The minimum atomic E-state index is -1.29. The number of halogens is 1. The SMILES string of the molecule is CC[C@]1(C)NC(=O)[C@H](CCCCO)NC(=O)[C@H]2CCCN2C(=O)[C@H](CC2=CC(OC)=C(Cl)CC2)NC1=O. The van der Waals surface area contributed by atoms with E-state index in [2.05, 4.69) is 16.0 Å². The van der Waals surface area contributed by atoms with Gasteiger partial charge in [0.15, 0.2) is 0 Å². The number of nitrogens with zero attached hydrogens (tertiary/aromatic N) is 1. The summed E-state index contributed by atoms with van der Waals surface area (Å²) in [4.78, 5) is 55.4. The molecule has 4 atom stereocenters. The van der Waals surface area contributed by atoms with Crippen molar-refractivity contribution in [2.45, 2.75) is 95.3 Å². The van der Waals surface area contributed by atoms with E-state index in [-0.39, 0.29) is 31.3 Å². The normalized spacial score (nSPS) is 29.5. The van der Waals surface area contributed by atoms with Crippen LogP contribution in [-0.4, -0.2) is 77.6 Å². The molecule has 10 nitrogen and oxygen atoms in total. The molecule has 11 heteroatoms. The number of methoxy groups -OCH3 is 1. The Morgan fingerprint density at radius 3 is 2.57 bits per heavy atom. The number of amides is 4. The van der Waals surface area contributed by atoms with Crippen molar-refractivity contribution in [1.29, 1.82) is 0 Å². The van der Waals surface area contributed by atoms with Crippen molar-refractivity contribution in [2.75, 3.05) is 20.3 Å². The van der Waals surface area contributed by atoms with E-state index in [4.69, 9.17) is 21.4 Å². The maximum Gasteiger partial charge on any atom is 0.246 e. The van der Waals surface area contributed by atoms with Gasteiger partial charge in [-0.05, 0) is 70.8 Å². The largest absolute Gasteiger partial charge is 0.496 e. The van der Waals surface area contributed by atoms with Gasteiger partial charge in [-0.25, -0.2) is 0 Å². The quantitative estimate of drug-likeness (QED) is 0.347. The molecule has 3 rings (SSSR count). The topological polar surface area (TPSA) is 137 Å². The summed E-state index contributed by atoms with van der Waals surface area (Å²) in [7, 11) is 1.53. The number of nitrogens with one attached hydrogen (secondary N) is 3. The lowest BCUT2D eigenvalue weighted by Gasteiger charge is -2.36. The first-order valence-corrected chi connectivity index (χ1v) is 13.5. The predicted molar refractivity (Wildman–Crippen MR) is 138 cm³/mol. The number of fused-ring (bicyclic) bond motifs is 1. The zero-order valence-electron chi connectivity index (χ0n) is 21.9. The second kappa shape index (κ2) is 12.8. The van der Waals surface area contributed by atoms with Gasteiger partial charge in [0, 0.05) is 13.2 Å². The summed E-state index contributed by atoms with van der Waals surface area (Å²) >= 11 is 6.24. The highest BCUT2D eigenvalue weighted by Crippen LogP contribution is 2.30. The average Bonchev–Trinajstić information content (AvgIpc) is 3.37. The Morgan fingerprint density at radius 1 is 1.14 bits per heavy atom. The van der Waals surface area contributed by atoms with Crippen molar-refractivity contribution >= 4 is 35.2 Å². The van der Waals surface area contributed by atoms with E-state index >= 15 is 0 Å². The van der Waals surface area contributed by atoms with Gasteiger partial charge in [-0.2, -0.15) is 0 Å². The molecule has 4 amide bonds. The maximum atomic E-state index is 13.8. The number of ether oxygens (including phenoxy) is 1. The lowest BCUT2D eigenvalue weighted by molar-refractivity contribution is -0.144. The van der Waals surface area contributed by atoms with E-state index in [0.29, 0.717) is 62.3 Å². The summed E-state index contributed by atoms with van der Waals surface area (Å²) in [5, 5.41) is 18.3. The fourth-order valence-corrected chi connectivity index (χ4v) is 5.23. The van der Waals surface area contributed by atoms with Crippen molar-refractivity contribution in [2.24, 2.45) is 0 Å². The lowest BCUT2D eigenvalue weighted by Crippen LogP contribution is -2.65. The fourth-order valence-electron chi connectivity index (χ4n) is 5.00. The van der Waals surface area contributed by atoms with Crippen molar-refractivity contribution in [3.63, 3.8) is 0 Å². The number of unbranched alkanes of at least 4 members (excludes halogenated alkanes) is 1. The third kappa shape index (κ3) is 6.84. The molecule has 0 aromatic carbocycles. The maximum absolute atomic E-state index is 13.8. The number of carbonyl (C=O) groups is 4. The Labute approximate surface area is 223 Å². The van der Waals surface area contributed by atoms with Crippen molar-refractivity contribution in [1.82, 2.24) is 20.9 Å². The smallest absolute Gasteiger partial charge is 0.246 e. The summed E-state index contributed by atoms with van der Waals surface area (Å²) in [6, 6.07) is -2.51. The molecule has 206 valence electrons. The van der Waals surface area contributed by atoms with Crippen molar-refractivity contribution in [3.05, 3.63) is 22.4 Å².